The zero-order valence-corrected chi connectivity index (χ0v) is 30.3. The van der Waals surface area contributed by atoms with E-state index in [1.165, 1.54) is 36.4 Å². The first-order valence-electron chi connectivity index (χ1n) is 16.6. The molecule has 0 unspecified atom stereocenters. The summed E-state index contributed by atoms with van der Waals surface area (Å²) in [4.78, 5) is 30.4. The lowest BCUT2D eigenvalue weighted by Crippen LogP contribution is -2.03. The van der Waals surface area contributed by atoms with E-state index in [0.29, 0.717) is 22.5 Å². The third-order valence-corrected chi connectivity index (χ3v) is 12.7. The summed E-state index contributed by atoms with van der Waals surface area (Å²) < 4.78 is 26.7. The van der Waals surface area contributed by atoms with Gasteiger partial charge in [0.2, 0.25) is 9.84 Å². The monoisotopic (exact) mass is 750 g/mol. The molecule has 0 aliphatic carbocycles. The van der Waals surface area contributed by atoms with Gasteiger partial charge in [-0.3, -0.25) is 9.59 Å². The SMILES string of the molecule is O=C(/C=C\Nc1ccc(S(=O)(=O)c2ccc(N/C=C\C(=O)c3ccc4c(c3)Nc3ccccc3S4)cc2)cc1)c1ccc2c(c1)Nc1ccccc1S2. The quantitative estimate of drug-likeness (QED) is 0.0795. The van der Waals surface area contributed by atoms with Crippen molar-refractivity contribution in [1.82, 2.24) is 0 Å². The van der Waals surface area contributed by atoms with Crippen LogP contribution in [0.2, 0.25) is 0 Å². The van der Waals surface area contributed by atoms with Gasteiger partial charge in [0.15, 0.2) is 11.6 Å². The van der Waals surface area contributed by atoms with Crippen molar-refractivity contribution in [3.63, 3.8) is 0 Å². The van der Waals surface area contributed by atoms with Gasteiger partial charge >= 0.3 is 0 Å². The molecule has 2 aliphatic rings. The van der Waals surface area contributed by atoms with E-state index in [9.17, 15) is 18.0 Å². The highest BCUT2D eigenvalue weighted by Gasteiger charge is 2.19. The molecule has 2 heterocycles. The van der Waals surface area contributed by atoms with Gasteiger partial charge < -0.3 is 21.3 Å². The lowest BCUT2D eigenvalue weighted by atomic mass is 10.1. The molecular weight excluding hydrogens is 721 g/mol. The van der Waals surface area contributed by atoms with E-state index in [1.54, 1.807) is 60.2 Å². The molecule has 0 fully saturated rings. The largest absolute Gasteiger partial charge is 0.362 e. The van der Waals surface area contributed by atoms with Crippen molar-refractivity contribution in [2.45, 2.75) is 29.4 Å². The van der Waals surface area contributed by atoms with Crippen molar-refractivity contribution in [3.8, 4) is 0 Å². The number of benzene rings is 6. The van der Waals surface area contributed by atoms with E-state index in [1.807, 2.05) is 72.8 Å². The number of sulfone groups is 1. The average Bonchev–Trinajstić information content (AvgIpc) is 3.19. The Morgan fingerprint density at radius 2 is 0.887 bits per heavy atom. The molecule has 8 rings (SSSR count). The van der Waals surface area contributed by atoms with Crippen molar-refractivity contribution < 1.29 is 18.0 Å². The fourth-order valence-electron chi connectivity index (χ4n) is 5.80. The molecule has 53 heavy (non-hydrogen) atoms. The number of hydrogen-bond donors (Lipinski definition) is 4. The van der Waals surface area contributed by atoms with Crippen LogP contribution < -0.4 is 21.3 Å². The summed E-state index contributed by atoms with van der Waals surface area (Å²) in [6, 6.07) is 39.9. The molecule has 0 saturated heterocycles. The van der Waals surface area contributed by atoms with E-state index in [4.69, 9.17) is 0 Å². The molecule has 6 aromatic rings. The number of allylic oxidation sites excluding steroid dienone is 2. The van der Waals surface area contributed by atoms with Crippen LogP contribution in [-0.2, 0) is 9.84 Å². The predicted octanol–water partition coefficient (Wildman–Crippen LogP) is 10.6. The van der Waals surface area contributed by atoms with E-state index < -0.39 is 9.84 Å². The number of para-hydroxylation sites is 2. The Hall–Kier alpha value is -6.01. The molecule has 8 nitrogen and oxygen atoms in total. The number of carbonyl (C=O) groups is 2. The highest BCUT2D eigenvalue weighted by Crippen LogP contribution is 2.45. The highest BCUT2D eigenvalue weighted by atomic mass is 32.2. The molecule has 0 atom stereocenters. The van der Waals surface area contributed by atoms with Gasteiger partial charge in [-0.2, -0.15) is 0 Å². The molecule has 0 saturated carbocycles. The first-order chi connectivity index (χ1) is 25.8. The summed E-state index contributed by atoms with van der Waals surface area (Å²) in [5, 5.41) is 12.9. The van der Waals surface area contributed by atoms with Crippen molar-refractivity contribution in [1.29, 1.82) is 0 Å². The minimum Gasteiger partial charge on any atom is -0.362 e. The van der Waals surface area contributed by atoms with Gasteiger partial charge in [-0.05, 0) is 109 Å². The van der Waals surface area contributed by atoms with Crippen LogP contribution in [0, 0.1) is 0 Å². The van der Waals surface area contributed by atoms with Crippen LogP contribution in [0.15, 0.2) is 187 Å². The third-order valence-electron chi connectivity index (χ3n) is 8.58. The van der Waals surface area contributed by atoms with E-state index >= 15 is 0 Å². The molecule has 0 aromatic heterocycles. The molecule has 2 aliphatic heterocycles. The summed E-state index contributed by atoms with van der Waals surface area (Å²) >= 11 is 3.32. The smallest absolute Gasteiger partial charge is 0.206 e. The molecule has 0 radical (unpaired) electrons. The third kappa shape index (κ3) is 7.36. The Labute approximate surface area is 315 Å². The number of nitrogens with one attached hydrogen (secondary N) is 4. The van der Waals surface area contributed by atoms with E-state index in [0.717, 1.165) is 42.3 Å². The Kier molecular flexibility index (Phi) is 9.36. The summed E-state index contributed by atoms with van der Waals surface area (Å²) in [5.41, 5.74) is 6.16. The van der Waals surface area contributed by atoms with Crippen LogP contribution >= 0.6 is 23.5 Å². The van der Waals surface area contributed by atoms with Crippen LogP contribution in [0.3, 0.4) is 0 Å². The van der Waals surface area contributed by atoms with Crippen LogP contribution in [0.4, 0.5) is 34.1 Å². The van der Waals surface area contributed by atoms with E-state index in [2.05, 4.69) is 33.4 Å². The normalized spacial score (nSPS) is 12.8. The fourth-order valence-corrected chi connectivity index (χ4v) is 9.00. The molecule has 6 aromatic carbocycles. The first-order valence-corrected chi connectivity index (χ1v) is 19.7. The van der Waals surface area contributed by atoms with Gasteiger partial charge in [0.1, 0.15) is 0 Å². The zero-order chi connectivity index (χ0) is 36.4. The molecule has 0 bridgehead atoms. The number of anilines is 6. The number of ketones is 2. The topological polar surface area (TPSA) is 116 Å². The average molecular weight is 751 g/mol. The number of rotatable bonds is 10. The molecule has 0 amide bonds. The molecule has 11 heteroatoms. The van der Waals surface area contributed by atoms with Crippen LogP contribution in [0.1, 0.15) is 20.7 Å². The zero-order valence-electron chi connectivity index (χ0n) is 27.9. The minimum absolute atomic E-state index is 0.136. The van der Waals surface area contributed by atoms with Crippen molar-refractivity contribution >= 4 is 79.1 Å². The lowest BCUT2D eigenvalue weighted by Gasteiger charge is -2.20. The Morgan fingerprint density at radius 1 is 0.491 bits per heavy atom. The number of hydrogen-bond acceptors (Lipinski definition) is 10. The van der Waals surface area contributed by atoms with Gasteiger partial charge in [-0.1, -0.05) is 47.8 Å². The number of fused-ring (bicyclic) bond motifs is 4. The van der Waals surface area contributed by atoms with Gasteiger partial charge in [0, 0.05) is 66.6 Å². The standard InChI is InChI=1S/C42H30N4O4S3/c47-37(27-9-19-41-35(25-27)45-33-5-1-3-7-39(33)51-41)21-23-43-29-11-15-31(16-12-29)53(49,50)32-17-13-30(14-18-32)44-24-22-38(48)28-10-20-42-36(26-28)46-34-6-2-4-8-40(34)52-42/h1-26,43-46H/b23-21-,24-22-. The molecule has 0 spiro atoms. The summed E-state index contributed by atoms with van der Waals surface area (Å²) in [6.45, 7) is 0. The van der Waals surface area contributed by atoms with Crippen LogP contribution in [0.5, 0.6) is 0 Å². The molecule has 4 N–H and O–H groups in total. The van der Waals surface area contributed by atoms with Crippen molar-refractivity contribution in [2.75, 3.05) is 21.3 Å². The van der Waals surface area contributed by atoms with Gasteiger partial charge in [0.05, 0.1) is 32.5 Å². The predicted molar refractivity (Wildman–Crippen MR) is 213 cm³/mol. The van der Waals surface area contributed by atoms with Gasteiger partial charge in [-0.15, -0.1) is 0 Å². The molecule has 260 valence electrons. The van der Waals surface area contributed by atoms with E-state index in [-0.39, 0.29) is 21.4 Å². The minimum atomic E-state index is -3.78. The highest BCUT2D eigenvalue weighted by molar-refractivity contribution is 8.00. The van der Waals surface area contributed by atoms with Crippen molar-refractivity contribution in [2.24, 2.45) is 0 Å². The Morgan fingerprint density at radius 3 is 1.32 bits per heavy atom. The maximum Gasteiger partial charge on any atom is 0.206 e. The summed E-state index contributed by atoms with van der Waals surface area (Å²) in [7, 11) is -3.78. The Bertz CT molecular complexity index is 2400. The second kappa shape index (κ2) is 14.5. The van der Waals surface area contributed by atoms with Gasteiger partial charge in [-0.25, -0.2) is 8.42 Å². The maximum atomic E-state index is 13.3. The second-order valence-electron chi connectivity index (χ2n) is 12.1. The van der Waals surface area contributed by atoms with Crippen LogP contribution in [-0.4, -0.2) is 20.0 Å². The first kappa shape index (κ1) is 34.1. The van der Waals surface area contributed by atoms with Crippen molar-refractivity contribution in [3.05, 3.63) is 169 Å². The van der Waals surface area contributed by atoms with Gasteiger partial charge in [0.25, 0.3) is 0 Å². The Balaban J connectivity index is 0.847. The molecular formula is C42H30N4O4S3. The summed E-state index contributed by atoms with van der Waals surface area (Å²) in [6.07, 6.45) is 5.97. The number of carbonyl (C=O) groups excluding carboxylic acids is 2. The lowest BCUT2D eigenvalue weighted by molar-refractivity contribution is 0.103. The summed E-state index contributed by atoms with van der Waals surface area (Å²) in [5.74, 6) is -0.327. The van der Waals surface area contributed by atoms with Crippen LogP contribution in [0.25, 0.3) is 0 Å². The maximum absolute atomic E-state index is 13.3. The fraction of sp³-hybridized carbons (Fsp3) is 0. The second-order valence-corrected chi connectivity index (χ2v) is 16.2.